The van der Waals surface area contributed by atoms with Crippen molar-refractivity contribution in [2.24, 2.45) is 0 Å². The second-order valence-electron chi connectivity index (χ2n) is 2.72. The molecule has 0 aliphatic carbocycles. The zero-order valence-corrected chi connectivity index (χ0v) is 9.87. The molecule has 0 radical (unpaired) electrons. The van der Waals surface area contributed by atoms with E-state index >= 15 is 0 Å². The average Bonchev–Trinajstić information content (AvgIpc) is 2.19. The van der Waals surface area contributed by atoms with Gasteiger partial charge < -0.3 is 10.2 Å². The summed E-state index contributed by atoms with van der Waals surface area (Å²) in [6, 6.07) is 2.57. The van der Waals surface area contributed by atoms with Crippen molar-refractivity contribution in [2.75, 3.05) is 0 Å². The van der Waals surface area contributed by atoms with Crippen molar-refractivity contribution >= 4 is 45.3 Å². The highest BCUT2D eigenvalue weighted by atomic mass is 79.9. The monoisotopic (exact) mass is 306 g/mol. The number of hydrogen-bond donors (Lipinski definition) is 2. The molecular weight excluding hydrogens is 303 g/mol. The number of carboxylic acid groups (broad SMARTS) is 2. The van der Waals surface area contributed by atoms with Gasteiger partial charge in [-0.15, -0.1) is 0 Å². The molecule has 0 saturated heterocycles. The number of ketones is 1. The van der Waals surface area contributed by atoms with Crippen LogP contribution in [0.25, 0.3) is 0 Å². The highest BCUT2D eigenvalue weighted by molar-refractivity contribution is 9.10. The Morgan fingerprint density at radius 2 is 1.69 bits per heavy atom. The lowest BCUT2D eigenvalue weighted by Gasteiger charge is -2.06. The fraction of sp³-hybridized carbons (Fsp3) is 0. The molecule has 1 aromatic carbocycles. The van der Waals surface area contributed by atoms with Crippen LogP contribution in [0.15, 0.2) is 16.6 Å². The highest BCUT2D eigenvalue weighted by Gasteiger charge is 2.26. The molecule has 7 heteroatoms. The topological polar surface area (TPSA) is 91.7 Å². The third kappa shape index (κ3) is 2.23. The van der Waals surface area contributed by atoms with E-state index in [0.29, 0.717) is 0 Å². The van der Waals surface area contributed by atoms with Crippen molar-refractivity contribution in [2.45, 2.75) is 0 Å². The molecule has 0 fully saturated rings. The van der Waals surface area contributed by atoms with E-state index in [1.54, 1.807) is 0 Å². The van der Waals surface area contributed by atoms with E-state index in [1.165, 1.54) is 12.1 Å². The van der Waals surface area contributed by atoms with Gasteiger partial charge in [0.25, 0.3) is 5.78 Å². The molecule has 5 nitrogen and oxygen atoms in total. The molecule has 16 heavy (non-hydrogen) atoms. The van der Waals surface area contributed by atoms with Crippen molar-refractivity contribution in [1.82, 2.24) is 0 Å². The Morgan fingerprint density at radius 3 is 2.12 bits per heavy atom. The lowest BCUT2D eigenvalue weighted by atomic mass is 10.0. The second-order valence-corrected chi connectivity index (χ2v) is 3.98. The van der Waals surface area contributed by atoms with E-state index in [4.69, 9.17) is 21.8 Å². The van der Waals surface area contributed by atoms with Crippen LogP contribution in [0.2, 0.25) is 5.02 Å². The minimum Gasteiger partial charge on any atom is -0.478 e. The van der Waals surface area contributed by atoms with E-state index in [1.807, 2.05) is 0 Å². The first kappa shape index (κ1) is 12.7. The molecular formula is C9H4BrClO5. The van der Waals surface area contributed by atoms with Crippen LogP contribution in [-0.4, -0.2) is 27.9 Å². The number of Topliss-reactive ketones (excluding diaryl/α,β-unsaturated/α-hetero) is 1. The van der Waals surface area contributed by atoms with Crippen LogP contribution in [0, 0.1) is 0 Å². The predicted molar refractivity (Wildman–Crippen MR) is 58.1 cm³/mol. The van der Waals surface area contributed by atoms with Crippen molar-refractivity contribution in [3.05, 3.63) is 32.8 Å². The van der Waals surface area contributed by atoms with Gasteiger partial charge in [-0.1, -0.05) is 27.5 Å². The van der Waals surface area contributed by atoms with Crippen molar-refractivity contribution < 1.29 is 24.6 Å². The molecule has 0 amide bonds. The summed E-state index contributed by atoms with van der Waals surface area (Å²) in [7, 11) is 0. The van der Waals surface area contributed by atoms with E-state index in [2.05, 4.69) is 15.9 Å². The maximum absolute atomic E-state index is 11.3. The standard InChI is InChI=1S/C9H4BrClO5/c10-3-1-2-4(11)6(8(13)14)5(3)7(12)9(15)16/h1-2H,(H,13,14)(H,15,16). The Balaban J connectivity index is 3.58. The second kappa shape index (κ2) is 4.63. The van der Waals surface area contributed by atoms with Crippen molar-refractivity contribution in [3.8, 4) is 0 Å². The number of rotatable bonds is 3. The molecule has 0 aliphatic heterocycles. The van der Waals surface area contributed by atoms with E-state index in [0.717, 1.165) is 0 Å². The number of aliphatic carboxylic acids is 1. The molecule has 0 saturated carbocycles. The fourth-order valence-electron chi connectivity index (χ4n) is 1.09. The summed E-state index contributed by atoms with van der Waals surface area (Å²) in [5.74, 6) is -4.53. The van der Waals surface area contributed by atoms with Gasteiger partial charge in [0, 0.05) is 4.47 Å². The number of carboxylic acids is 2. The fourth-order valence-corrected chi connectivity index (χ4v) is 1.84. The molecule has 0 bridgehead atoms. The third-order valence-electron chi connectivity index (χ3n) is 1.74. The number of benzene rings is 1. The minimum atomic E-state index is -1.74. The quantitative estimate of drug-likeness (QED) is 0.659. The maximum atomic E-state index is 11.3. The van der Waals surface area contributed by atoms with E-state index in [9.17, 15) is 14.4 Å². The van der Waals surface area contributed by atoms with Crippen LogP contribution in [0.1, 0.15) is 20.7 Å². The molecule has 2 N–H and O–H groups in total. The number of hydrogen-bond acceptors (Lipinski definition) is 3. The first-order valence-electron chi connectivity index (χ1n) is 3.85. The summed E-state index contributed by atoms with van der Waals surface area (Å²) < 4.78 is 0.0710. The number of halogens is 2. The summed E-state index contributed by atoms with van der Waals surface area (Å²) in [5, 5.41) is 17.2. The average molecular weight is 307 g/mol. The Labute approximate surface area is 103 Å². The Kier molecular flexibility index (Phi) is 3.66. The largest absolute Gasteiger partial charge is 0.478 e. The van der Waals surface area contributed by atoms with Crippen LogP contribution in [-0.2, 0) is 4.79 Å². The molecule has 1 rings (SSSR count). The summed E-state index contributed by atoms with van der Waals surface area (Å²) >= 11 is 8.51. The van der Waals surface area contributed by atoms with Crippen LogP contribution < -0.4 is 0 Å². The maximum Gasteiger partial charge on any atom is 0.377 e. The third-order valence-corrected chi connectivity index (χ3v) is 2.71. The van der Waals surface area contributed by atoms with Gasteiger partial charge in [-0.05, 0) is 12.1 Å². The first-order valence-corrected chi connectivity index (χ1v) is 5.02. The van der Waals surface area contributed by atoms with Gasteiger partial charge in [-0.3, -0.25) is 4.79 Å². The van der Waals surface area contributed by atoms with E-state index in [-0.39, 0.29) is 9.50 Å². The molecule has 0 aromatic heterocycles. The highest BCUT2D eigenvalue weighted by Crippen LogP contribution is 2.27. The Bertz CT molecular complexity index is 497. The van der Waals surface area contributed by atoms with Crippen molar-refractivity contribution in [1.29, 1.82) is 0 Å². The van der Waals surface area contributed by atoms with Gasteiger partial charge in [-0.25, -0.2) is 9.59 Å². The Morgan fingerprint density at radius 1 is 1.12 bits per heavy atom. The van der Waals surface area contributed by atoms with Crippen LogP contribution in [0.5, 0.6) is 0 Å². The number of aromatic carboxylic acids is 1. The molecule has 0 spiro atoms. The van der Waals surface area contributed by atoms with Gasteiger partial charge >= 0.3 is 11.9 Å². The normalized spacial score (nSPS) is 9.88. The number of carbonyl (C=O) groups is 3. The van der Waals surface area contributed by atoms with Crippen molar-refractivity contribution in [3.63, 3.8) is 0 Å². The zero-order chi connectivity index (χ0) is 12.5. The van der Waals surface area contributed by atoms with Gasteiger partial charge in [-0.2, -0.15) is 0 Å². The molecule has 0 aliphatic rings. The summed E-state index contributed by atoms with van der Waals surface area (Å²) in [4.78, 5) is 32.7. The summed E-state index contributed by atoms with van der Waals surface area (Å²) in [6.45, 7) is 0. The van der Waals surface area contributed by atoms with Gasteiger partial charge in [0.05, 0.1) is 16.1 Å². The molecule has 0 unspecified atom stereocenters. The molecule has 0 atom stereocenters. The first-order chi connectivity index (χ1) is 7.36. The van der Waals surface area contributed by atoms with Crippen LogP contribution in [0.4, 0.5) is 0 Å². The summed E-state index contributed by atoms with van der Waals surface area (Å²) in [6.07, 6.45) is 0. The van der Waals surface area contributed by atoms with Gasteiger partial charge in [0.2, 0.25) is 0 Å². The minimum absolute atomic E-state index is 0.0710. The Hall–Kier alpha value is -1.40. The van der Waals surface area contributed by atoms with Crippen LogP contribution in [0.3, 0.4) is 0 Å². The SMILES string of the molecule is O=C(O)C(=O)c1c(Br)ccc(Cl)c1C(=O)O. The summed E-state index contributed by atoms with van der Waals surface area (Å²) in [5.41, 5.74) is -0.990. The zero-order valence-electron chi connectivity index (χ0n) is 7.53. The van der Waals surface area contributed by atoms with Gasteiger partial charge in [0.15, 0.2) is 0 Å². The lowest BCUT2D eigenvalue weighted by Crippen LogP contribution is -2.18. The predicted octanol–water partition coefficient (Wildman–Crippen LogP) is 2.07. The smallest absolute Gasteiger partial charge is 0.377 e. The molecule has 1 aromatic rings. The van der Waals surface area contributed by atoms with E-state index < -0.39 is 28.8 Å². The van der Waals surface area contributed by atoms with Crippen LogP contribution >= 0.6 is 27.5 Å². The van der Waals surface area contributed by atoms with Gasteiger partial charge in [0.1, 0.15) is 0 Å². The number of carbonyl (C=O) groups excluding carboxylic acids is 1. The lowest BCUT2D eigenvalue weighted by molar-refractivity contribution is -0.131. The molecule has 0 heterocycles. The molecule has 84 valence electrons.